The standard InChI is InChI=1S/C15H23ClN2O/c1-2-19-15(7-4-3-5-8-15)14(17)10-12-6-9-18-11-13(12)16/h6,9,11,14H,2-5,7-8,10,17H2,1H3. The van der Waals surface area contributed by atoms with Crippen LogP contribution >= 0.6 is 11.6 Å². The molecule has 1 fully saturated rings. The molecule has 106 valence electrons. The first-order valence-electron chi connectivity index (χ1n) is 7.16. The van der Waals surface area contributed by atoms with Crippen LogP contribution in [0.25, 0.3) is 0 Å². The number of ether oxygens (including phenoxy) is 1. The zero-order chi connectivity index (χ0) is 13.7. The molecule has 1 aliphatic carbocycles. The minimum absolute atomic E-state index is 0.00681. The molecule has 1 saturated carbocycles. The van der Waals surface area contributed by atoms with Crippen molar-refractivity contribution in [3.05, 3.63) is 29.0 Å². The second kappa shape index (κ2) is 6.69. The number of halogens is 1. The predicted octanol–water partition coefficient (Wildman–Crippen LogP) is 3.34. The molecule has 1 unspecified atom stereocenters. The van der Waals surface area contributed by atoms with Gasteiger partial charge in [0.25, 0.3) is 0 Å². The zero-order valence-corrected chi connectivity index (χ0v) is 12.3. The van der Waals surface area contributed by atoms with Crippen LogP contribution in [0.3, 0.4) is 0 Å². The summed E-state index contributed by atoms with van der Waals surface area (Å²) < 4.78 is 6.06. The fourth-order valence-electron chi connectivity index (χ4n) is 3.05. The first-order valence-corrected chi connectivity index (χ1v) is 7.53. The molecule has 1 atom stereocenters. The van der Waals surface area contributed by atoms with Crippen molar-refractivity contribution in [3.8, 4) is 0 Å². The Hall–Kier alpha value is -0.640. The Labute approximate surface area is 120 Å². The molecular formula is C15H23ClN2O. The van der Waals surface area contributed by atoms with Gasteiger partial charge >= 0.3 is 0 Å². The molecule has 0 saturated heterocycles. The van der Waals surface area contributed by atoms with Crippen LogP contribution in [0, 0.1) is 0 Å². The van der Waals surface area contributed by atoms with Crippen molar-refractivity contribution >= 4 is 11.6 Å². The Morgan fingerprint density at radius 3 is 2.79 bits per heavy atom. The van der Waals surface area contributed by atoms with E-state index >= 15 is 0 Å². The lowest BCUT2D eigenvalue weighted by Crippen LogP contribution is -2.52. The summed E-state index contributed by atoms with van der Waals surface area (Å²) >= 11 is 6.17. The molecule has 0 spiro atoms. The summed E-state index contributed by atoms with van der Waals surface area (Å²) in [4.78, 5) is 4.01. The SMILES string of the molecule is CCOC1(C(N)Cc2ccncc2Cl)CCCCC1. The summed E-state index contributed by atoms with van der Waals surface area (Å²) in [6, 6.07) is 1.94. The summed E-state index contributed by atoms with van der Waals surface area (Å²) in [7, 11) is 0. The second-order valence-corrected chi connectivity index (χ2v) is 5.74. The van der Waals surface area contributed by atoms with Crippen LogP contribution in [0.15, 0.2) is 18.5 Å². The van der Waals surface area contributed by atoms with Gasteiger partial charge in [0.15, 0.2) is 0 Å². The summed E-state index contributed by atoms with van der Waals surface area (Å²) in [6.45, 7) is 2.76. The average Bonchev–Trinajstić information content (AvgIpc) is 2.42. The van der Waals surface area contributed by atoms with Crippen molar-refractivity contribution in [1.29, 1.82) is 0 Å². The van der Waals surface area contributed by atoms with Gasteiger partial charge in [-0.2, -0.15) is 0 Å². The van der Waals surface area contributed by atoms with E-state index in [2.05, 4.69) is 4.98 Å². The lowest BCUT2D eigenvalue weighted by molar-refractivity contribution is -0.0817. The Kier molecular flexibility index (Phi) is 5.20. The van der Waals surface area contributed by atoms with Gasteiger partial charge in [0, 0.05) is 25.0 Å². The zero-order valence-electron chi connectivity index (χ0n) is 11.6. The number of nitrogens with two attached hydrogens (primary N) is 1. The Morgan fingerprint density at radius 1 is 1.42 bits per heavy atom. The van der Waals surface area contributed by atoms with Gasteiger partial charge in [-0.15, -0.1) is 0 Å². The third-order valence-electron chi connectivity index (χ3n) is 4.10. The largest absolute Gasteiger partial charge is 0.374 e. The van der Waals surface area contributed by atoms with E-state index in [1.54, 1.807) is 12.4 Å². The average molecular weight is 283 g/mol. The highest BCUT2D eigenvalue weighted by Crippen LogP contribution is 2.35. The molecule has 1 aliphatic rings. The highest BCUT2D eigenvalue weighted by atomic mass is 35.5. The van der Waals surface area contributed by atoms with Crippen LogP contribution in [0.1, 0.15) is 44.6 Å². The summed E-state index contributed by atoms with van der Waals surface area (Å²) in [5.41, 5.74) is 7.36. The normalized spacial score (nSPS) is 20.2. The fraction of sp³-hybridized carbons (Fsp3) is 0.667. The molecule has 0 aliphatic heterocycles. The van der Waals surface area contributed by atoms with E-state index in [0.29, 0.717) is 5.02 Å². The van der Waals surface area contributed by atoms with E-state index in [9.17, 15) is 0 Å². The van der Waals surface area contributed by atoms with Gasteiger partial charge in [0.1, 0.15) is 0 Å². The molecule has 0 bridgehead atoms. The third-order valence-corrected chi connectivity index (χ3v) is 4.44. The van der Waals surface area contributed by atoms with Crippen molar-refractivity contribution in [2.24, 2.45) is 5.73 Å². The molecule has 19 heavy (non-hydrogen) atoms. The summed E-state index contributed by atoms with van der Waals surface area (Å²) in [6.07, 6.45) is 10.0. The monoisotopic (exact) mass is 282 g/mol. The van der Waals surface area contributed by atoms with Crippen LogP contribution in [-0.2, 0) is 11.2 Å². The minimum atomic E-state index is -0.167. The molecule has 1 aromatic rings. The molecule has 1 aromatic heterocycles. The molecule has 2 rings (SSSR count). The molecule has 2 N–H and O–H groups in total. The van der Waals surface area contributed by atoms with Crippen LogP contribution in [0.2, 0.25) is 5.02 Å². The van der Waals surface area contributed by atoms with Gasteiger partial charge in [-0.1, -0.05) is 30.9 Å². The van der Waals surface area contributed by atoms with Crippen molar-refractivity contribution in [1.82, 2.24) is 4.98 Å². The van der Waals surface area contributed by atoms with Crippen LogP contribution in [0.5, 0.6) is 0 Å². The van der Waals surface area contributed by atoms with Crippen molar-refractivity contribution in [3.63, 3.8) is 0 Å². The third kappa shape index (κ3) is 3.47. The van der Waals surface area contributed by atoms with Crippen LogP contribution < -0.4 is 5.73 Å². The molecular weight excluding hydrogens is 260 g/mol. The van der Waals surface area contributed by atoms with E-state index in [1.165, 1.54) is 19.3 Å². The van der Waals surface area contributed by atoms with Crippen LogP contribution in [0.4, 0.5) is 0 Å². The van der Waals surface area contributed by atoms with E-state index in [4.69, 9.17) is 22.1 Å². The summed E-state index contributed by atoms with van der Waals surface area (Å²) in [5.74, 6) is 0. The number of nitrogens with zero attached hydrogens (tertiary/aromatic N) is 1. The number of hydrogen-bond acceptors (Lipinski definition) is 3. The second-order valence-electron chi connectivity index (χ2n) is 5.34. The molecule has 0 amide bonds. The number of hydrogen-bond donors (Lipinski definition) is 1. The van der Waals surface area contributed by atoms with Crippen molar-refractivity contribution < 1.29 is 4.74 Å². The van der Waals surface area contributed by atoms with Gasteiger partial charge in [0.05, 0.1) is 10.6 Å². The van der Waals surface area contributed by atoms with E-state index in [1.807, 2.05) is 13.0 Å². The quantitative estimate of drug-likeness (QED) is 0.901. The number of pyridine rings is 1. The maximum absolute atomic E-state index is 6.47. The highest BCUT2D eigenvalue weighted by Gasteiger charge is 2.38. The molecule has 1 heterocycles. The first kappa shape index (κ1) is 14.8. The van der Waals surface area contributed by atoms with Gasteiger partial charge in [-0.3, -0.25) is 4.98 Å². The lowest BCUT2D eigenvalue weighted by Gasteiger charge is -2.41. The fourth-order valence-corrected chi connectivity index (χ4v) is 3.25. The predicted molar refractivity (Wildman–Crippen MR) is 78.4 cm³/mol. The molecule has 3 nitrogen and oxygen atoms in total. The maximum atomic E-state index is 6.47. The van der Waals surface area contributed by atoms with E-state index in [-0.39, 0.29) is 11.6 Å². The first-order chi connectivity index (χ1) is 9.18. The topological polar surface area (TPSA) is 48.1 Å². The number of aromatic nitrogens is 1. The molecule has 0 aromatic carbocycles. The van der Waals surface area contributed by atoms with Gasteiger partial charge in [-0.05, 0) is 37.8 Å². The Balaban J connectivity index is 2.11. The Morgan fingerprint density at radius 2 is 2.16 bits per heavy atom. The highest BCUT2D eigenvalue weighted by molar-refractivity contribution is 6.31. The van der Waals surface area contributed by atoms with E-state index < -0.39 is 0 Å². The van der Waals surface area contributed by atoms with Crippen molar-refractivity contribution in [2.75, 3.05) is 6.61 Å². The summed E-state index contributed by atoms with van der Waals surface area (Å²) in [5, 5.41) is 0.695. The van der Waals surface area contributed by atoms with Gasteiger partial charge in [-0.25, -0.2) is 0 Å². The smallest absolute Gasteiger partial charge is 0.0835 e. The Bertz CT molecular complexity index is 399. The van der Waals surface area contributed by atoms with Gasteiger partial charge in [0.2, 0.25) is 0 Å². The number of rotatable bonds is 5. The molecule has 0 radical (unpaired) electrons. The van der Waals surface area contributed by atoms with Crippen molar-refractivity contribution in [2.45, 2.75) is 57.1 Å². The van der Waals surface area contributed by atoms with Gasteiger partial charge < -0.3 is 10.5 Å². The maximum Gasteiger partial charge on any atom is 0.0835 e. The lowest BCUT2D eigenvalue weighted by atomic mass is 9.77. The van der Waals surface area contributed by atoms with E-state index in [0.717, 1.165) is 31.4 Å². The molecule has 4 heteroatoms. The minimum Gasteiger partial charge on any atom is -0.374 e. The van der Waals surface area contributed by atoms with Crippen LogP contribution in [-0.4, -0.2) is 23.2 Å².